The first-order valence-electron chi connectivity index (χ1n) is 9.53. The number of benzene rings is 1. The van der Waals surface area contributed by atoms with Gasteiger partial charge in [-0.2, -0.15) is 10.2 Å². The minimum Gasteiger partial charge on any atom is -0.497 e. The number of aromatic nitrogens is 2. The molecule has 3 rings (SSSR count). The Morgan fingerprint density at radius 1 is 1.22 bits per heavy atom. The highest BCUT2D eigenvalue weighted by Crippen LogP contribution is 2.29. The molecule has 0 atom stereocenters. The SMILES string of the molecule is CCOC(=O)c1c(C)oc2nc(COC(=O)/C(C#N)=C/c3ccc(OC)cc3)nc(N)c12. The molecule has 10 nitrogen and oxygen atoms in total. The molecule has 32 heavy (non-hydrogen) atoms. The normalized spacial score (nSPS) is 11.1. The molecular weight excluding hydrogens is 416 g/mol. The van der Waals surface area contributed by atoms with E-state index in [4.69, 9.17) is 24.4 Å². The Kier molecular flexibility index (Phi) is 6.70. The predicted octanol–water partition coefficient (Wildman–Crippen LogP) is 2.95. The van der Waals surface area contributed by atoms with Crippen molar-refractivity contribution < 1.29 is 28.2 Å². The van der Waals surface area contributed by atoms with Gasteiger partial charge in [-0.05, 0) is 37.6 Å². The Balaban J connectivity index is 1.79. The van der Waals surface area contributed by atoms with Crippen LogP contribution in [0.25, 0.3) is 17.2 Å². The van der Waals surface area contributed by atoms with Gasteiger partial charge in [0.2, 0.25) is 5.71 Å². The zero-order chi connectivity index (χ0) is 23.3. The second kappa shape index (κ2) is 9.61. The van der Waals surface area contributed by atoms with Crippen molar-refractivity contribution in [2.75, 3.05) is 19.5 Å². The Morgan fingerprint density at radius 3 is 2.56 bits per heavy atom. The first-order valence-corrected chi connectivity index (χ1v) is 9.53. The van der Waals surface area contributed by atoms with E-state index in [0.717, 1.165) is 0 Å². The minimum atomic E-state index is -0.853. The molecule has 2 N–H and O–H groups in total. The first kappa shape index (κ1) is 22.3. The van der Waals surface area contributed by atoms with Gasteiger partial charge < -0.3 is 24.4 Å². The summed E-state index contributed by atoms with van der Waals surface area (Å²) in [6.07, 6.45) is 1.39. The summed E-state index contributed by atoms with van der Waals surface area (Å²) >= 11 is 0. The van der Waals surface area contributed by atoms with Crippen molar-refractivity contribution in [1.82, 2.24) is 9.97 Å². The predicted molar refractivity (Wildman–Crippen MR) is 113 cm³/mol. The standard InChI is InChI=1S/C22H20N4O6/c1-4-30-22(28)17-12(2)32-20-18(17)19(24)25-16(26-20)11-31-21(27)14(10-23)9-13-5-7-15(29-3)8-6-13/h5-9H,4,11H2,1-3H3,(H2,24,25,26)/b14-9+. The lowest BCUT2D eigenvalue weighted by atomic mass is 10.1. The molecule has 2 heterocycles. The molecule has 164 valence electrons. The van der Waals surface area contributed by atoms with Crippen LogP contribution in [0.5, 0.6) is 5.75 Å². The van der Waals surface area contributed by atoms with Crippen molar-refractivity contribution in [3.8, 4) is 11.8 Å². The van der Waals surface area contributed by atoms with Gasteiger partial charge in [-0.25, -0.2) is 14.6 Å². The number of aryl methyl sites for hydroxylation is 1. The number of hydrogen-bond acceptors (Lipinski definition) is 10. The van der Waals surface area contributed by atoms with Crippen molar-refractivity contribution in [3.63, 3.8) is 0 Å². The van der Waals surface area contributed by atoms with E-state index in [0.29, 0.717) is 11.3 Å². The van der Waals surface area contributed by atoms with Crippen LogP contribution in [0.1, 0.15) is 34.4 Å². The molecule has 0 unspecified atom stereocenters. The average Bonchev–Trinajstić information content (AvgIpc) is 3.12. The van der Waals surface area contributed by atoms with Crippen molar-refractivity contribution >= 4 is 34.9 Å². The average molecular weight is 436 g/mol. The Labute approximate surface area is 183 Å². The molecule has 0 aliphatic carbocycles. The van der Waals surface area contributed by atoms with Crippen LogP contribution in [0.15, 0.2) is 34.3 Å². The topological polar surface area (TPSA) is 151 Å². The number of nitrogens with two attached hydrogens (primary N) is 1. The number of ether oxygens (including phenoxy) is 3. The molecule has 0 saturated heterocycles. The molecule has 0 aliphatic heterocycles. The van der Waals surface area contributed by atoms with Gasteiger partial charge in [-0.15, -0.1) is 0 Å². The number of nitrogen functional groups attached to an aromatic ring is 1. The van der Waals surface area contributed by atoms with E-state index in [1.165, 1.54) is 13.2 Å². The van der Waals surface area contributed by atoms with E-state index in [1.807, 2.05) is 6.07 Å². The number of methoxy groups -OCH3 is 1. The first-order chi connectivity index (χ1) is 15.4. The van der Waals surface area contributed by atoms with Gasteiger partial charge in [0.25, 0.3) is 0 Å². The summed E-state index contributed by atoms with van der Waals surface area (Å²) in [5, 5.41) is 9.55. The van der Waals surface area contributed by atoms with E-state index in [1.54, 1.807) is 38.1 Å². The molecular formula is C22H20N4O6. The lowest BCUT2D eigenvalue weighted by molar-refractivity contribution is -0.139. The highest BCUT2D eigenvalue weighted by molar-refractivity contribution is 6.07. The van der Waals surface area contributed by atoms with Crippen LogP contribution in [0.3, 0.4) is 0 Å². The van der Waals surface area contributed by atoms with E-state index in [-0.39, 0.29) is 52.9 Å². The zero-order valence-corrected chi connectivity index (χ0v) is 17.7. The molecule has 0 aliphatic rings. The van der Waals surface area contributed by atoms with Gasteiger partial charge in [0.05, 0.1) is 19.1 Å². The number of nitriles is 1. The zero-order valence-electron chi connectivity index (χ0n) is 17.7. The van der Waals surface area contributed by atoms with Crippen molar-refractivity contribution in [2.24, 2.45) is 0 Å². The fourth-order valence-electron chi connectivity index (χ4n) is 2.91. The van der Waals surface area contributed by atoms with Gasteiger partial charge >= 0.3 is 11.9 Å². The number of hydrogen-bond donors (Lipinski definition) is 1. The number of rotatable bonds is 7. The highest BCUT2D eigenvalue weighted by Gasteiger charge is 2.24. The maximum Gasteiger partial charge on any atom is 0.349 e. The summed E-state index contributed by atoms with van der Waals surface area (Å²) in [7, 11) is 1.54. The van der Waals surface area contributed by atoms with Crippen LogP contribution in [0.2, 0.25) is 0 Å². The van der Waals surface area contributed by atoms with Crippen molar-refractivity contribution in [1.29, 1.82) is 5.26 Å². The molecule has 0 spiro atoms. The quantitative estimate of drug-likeness (QED) is 0.332. The molecule has 0 fully saturated rings. The summed E-state index contributed by atoms with van der Waals surface area (Å²) in [6.45, 7) is 3.09. The molecule has 0 amide bonds. The van der Waals surface area contributed by atoms with Crippen LogP contribution in [-0.2, 0) is 20.9 Å². The summed E-state index contributed by atoms with van der Waals surface area (Å²) in [6, 6.07) is 8.61. The highest BCUT2D eigenvalue weighted by atomic mass is 16.5. The maximum atomic E-state index is 12.3. The van der Waals surface area contributed by atoms with Crippen LogP contribution < -0.4 is 10.5 Å². The van der Waals surface area contributed by atoms with E-state index in [9.17, 15) is 14.9 Å². The molecule has 0 saturated carbocycles. The van der Waals surface area contributed by atoms with Crippen LogP contribution in [0, 0.1) is 18.3 Å². The Bertz CT molecular complexity index is 1240. The number of fused-ring (bicyclic) bond motifs is 1. The summed E-state index contributed by atoms with van der Waals surface area (Å²) in [4.78, 5) is 32.8. The molecule has 0 bridgehead atoms. The van der Waals surface area contributed by atoms with Gasteiger partial charge in [0.15, 0.2) is 12.4 Å². The summed E-state index contributed by atoms with van der Waals surface area (Å²) in [5.41, 5.74) is 6.63. The second-order valence-corrected chi connectivity index (χ2v) is 6.48. The van der Waals surface area contributed by atoms with Gasteiger partial charge in [-0.3, -0.25) is 0 Å². The number of carbonyl (C=O) groups excluding carboxylic acids is 2. The maximum absolute atomic E-state index is 12.3. The Hall–Kier alpha value is -4.39. The number of anilines is 1. The lowest BCUT2D eigenvalue weighted by Gasteiger charge is -2.05. The number of furan rings is 1. The van der Waals surface area contributed by atoms with Crippen LogP contribution in [-0.4, -0.2) is 35.6 Å². The third-order valence-corrected chi connectivity index (χ3v) is 4.38. The van der Waals surface area contributed by atoms with Gasteiger partial charge in [0.1, 0.15) is 34.5 Å². The number of nitrogens with zero attached hydrogens (tertiary/aromatic N) is 3. The van der Waals surface area contributed by atoms with Crippen LogP contribution in [0.4, 0.5) is 5.82 Å². The van der Waals surface area contributed by atoms with Gasteiger partial charge in [0, 0.05) is 0 Å². The fourth-order valence-corrected chi connectivity index (χ4v) is 2.91. The van der Waals surface area contributed by atoms with E-state index >= 15 is 0 Å². The fraction of sp³-hybridized carbons (Fsp3) is 0.227. The smallest absolute Gasteiger partial charge is 0.349 e. The molecule has 10 heteroatoms. The summed E-state index contributed by atoms with van der Waals surface area (Å²) < 4.78 is 20.8. The minimum absolute atomic E-state index is 0.0183. The van der Waals surface area contributed by atoms with Gasteiger partial charge in [-0.1, -0.05) is 12.1 Å². The second-order valence-electron chi connectivity index (χ2n) is 6.48. The number of esters is 2. The number of carbonyl (C=O) groups is 2. The largest absolute Gasteiger partial charge is 0.497 e. The Morgan fingerprint density at radius 2 is 1.94 bits per heavy atom. The summed E-state index contributed by atoms with van der Waals surface area (Å²) in [5.74, 6) is -0.492. The van der Waals surface area contributed by atoms with Crippen molar-refractivity contribution in [3.05, 3.63) is 52.6 Å². The molecule has 1 aromatic carbocycles. The molecule has 0 radical (unpaired) electrons. The van der Waals surface area contributed by atoms with E-state index < -0.39 is 11.9 Å². The lowest BCUT2D eigenvalue weighted by Crippen LogP contribution is -2.10. The third-order valence-electron chi connectivity index (χ3n) is 4.38. The van der Waals surface area contributed by atoms with Crippen LogP contribution >= 0.6 is 0 Å². The molecule has 3 aromatic rings. The van der Waals surface area contributed by atoms with E-state index in [2.05, 4.69) is 9.97 Å². The molecule has 2 aromatic heterocycles. The monoisotopic (exact) mass is 436 g/mol. The third kappa shape index (κ3) is 4.67. The van der Waals surface area contributed by atoms with Crippen molar-refractivity contribution in [2.45, 2.75) is 20.5 Å².